The second-order valence-corrected chi connectivity index (χ2v) is 7.29. The maximum absolute atomic E-state index is 12.5. The van der Waals surface area contributed by atoms with Crippen LogP contribution in [0.15, 0.2) is 0 Å². The van der Waals surface area contributed by atoms with Crippen molar-refractivity contribution in [1.29, 1.82) is 0 Å². The molecule has 2 aliphatic rings. The molecule has 2 rings (SSSR count). The monoisotopic (exact) mass is 305 g/mol. The Morgan fingerprint density at radius 2 is 1.95 bits per heavy atom. The van der Waals surface area contributed by atoms with Crippen molar-refractivity contribution in [2.75, 3.05) is 32.8 Å². The quantitative estimate of drug-likeness (QED) is 0.709. The van der Waals surface area contributed by atoms with Crippen LogP contribution >= 0.6 is 0 Å². The van der Waals surface area contributed by atoms with E-state index in [0.717, 1.165) is 0 Å². The van der Waals surface area contributed by atoms with Gasteiger partial charge in [-0.2, -0.15) is 17.0 Å². The van der Waals surface area contributed by atoms with Gasteiger partial charge in [-0.3, -0.25) is 4.79 Å². The summed E-state index contributed by atoms with van der Waals surface area (Å²) in [5.41, 5.74) is 5.77. The minimum atomic E-state index is -3.50. The van der Waals surface area contributed by atoms with Gasteiger partial charge in [0, 0.05) is 32.2 Å². The molecule has 2 N–H and O–H groups in total. The predicted octanol–water partition coefficient (Wildman–Crippen LogP) is -0.461. The highest BCUT2D eigenvalue weighted by atomic mass is 32.2. The Kier molecular flexibility index (Phi) is 5.00. The summed E-state index contributed by atoms with van der Waals surface area (Å²) in [6.07, 6.45) is 2.06. The van der Waals surface area contributed by atoms with Gasteiger partial charge in [0.2, 0.25) is 0 Å². The minimum Gasteiger partial charge on any atom is -0.466 e. The second-order valence-electron chi connectivity index (χ2n) is 5.36. The number of hydrogen-bond acceptors (Lipinski definition) is 5. The van der Waals surface area contributed by atoms with E-state index in [4.69, 9.17) is 10.5 Å². The fourth-order valence-electron chi connectivity index (χ4n) is 2.73. The van der Waals surface area contributed by atoms with Crippen molar-refractivity contribution in [2.45, 2.75) is 32.2 Å². The topological polar surface area (TPSA) is 92.9 Å². The van der Waals surface area contributed by atoms with E-state index in [-0.39, 0.29) is 24.5 Å². The first kappa shape index (κ1) is 15.7. The van der Waals surface area contributed by atoms with Crippen LogP contribution in [0, 0.1) is 5.92 Å². The van der Waals surface area contributed by atoms with Gasteiger partial charge in [-0.15, -0.1) is 0 Å². The molecule has 0 amide bonds. The van der Waals surface area contributed by atoms with E-state index < -0.39 is 10.2 Å². The zero-order valence-corrected chi connectivity index (χ0v) is 12.6. The third-order valence-corrected chi connectivity index (χ3v) is 5.81. The average Bonchev–Trinajstić information content (AvgIpc) is 2.86. The number of rotatable bonds is 4. The molecule has 2 fully saturated rings. The smallest absolute Gasteiger partial charge is 0.310 e. The molecule has 1 unspecified atom stereocenters. The Morgan fingerprint density at radius 3 is 2.55 bits per heavy atom. The molecule has 7 nitrogen and oxygen atoms in total. The van der Waals surface area contributed by atoms with E-state index in [9.17, 15) is 13.2 Å². The molecule has 0 aromatic carbocycles. The van der Waals surface area contributed by atoms with Gasteiger partial charge < -0.3 is 10.5 Å². The highest BCUT2D eigenvalue weighted by molar-refractivity contribution is 7.86. The van der Waals surface area contributed by atoms with Gasteiger partial charge in [-0.25, -0.2) is 0 Å². The molecule has 0 bridgehead atoms. The Balaban J connectivity index is 2.02. The van der Waals surface area contributed by atoms with Crippen LogP contribution in [0.1, 0.15) is 26.2 Å². The predicted molar refractivity (Wildman–Crippen MR) is 74.0 cm³/mol. The van der Waals surface area contributed by atoms with Crippen molar-refractivity contribution in [2.24, 2.45) is 11.7 Å². The Labute approximate surface area is 120 Å². The molecule has 0 aromatic heterocycles. The average molecular weight is 305 g/mol. The lowest BCUT2D eigenvalue weighted by molar-refractivity contribution is -0.149. The minimum absolute atomic E-state index is 0.0876. The van der Waals surface area contributed by atoms with Gasteiger partial charge in [0.25, 0.3) is 10.2 Å². The van der Waals surface area contributed by atoms with Crippen molar-refractivity contribution in [1.82, 2.24) is 8.61 Å². The SMILES string of the molecule is CCOC(=O)C1CCCN(S(=O)(=O)N2CC[C@@H](N)C2)C1. The molecule has 2 atom stereocenters. The van der Waals surface area contributed by atoms with Gasteiger partial charge >= 0.3 is 5.97 Å². The summed E-state index contributed by atoms with van der Waals surface area (Å²) in [5, 5.41) is 0. The molecule has 0 radical (unpaired) electrons. The largest absolute Gasteiger partial charge is 0.466 e. The molecule has 0 saturated carbocycles. The van der Waals surface area contributed by atoms with E-state index in [1.165, 1.54) is 8.61 Å². The summed E-state index contributed by atoms with van der Waals surface area (Å²) in [4.78, 5) is 11.8. The molecule has 8 heteroatoms. The lowest BCUT2D eigenvalue weighted by atomic mass is 10.0. The van der Waals surface area contributed by atoms with Crippen molar-refractivity contribution >= 4 is 16.2 Å². The molecule has 2 heterocycles. The first-order chi connectivity index (χ1) is 9.45. The fraction of sp³-hybridized carbons (Fsp3) is 0.917. The number of carbonyl (C=O) groups is 1. The first-order valence-corrected chi connectivity index (χ1v) is 8.52. The molecule has 2 aliphatic heterocycles. The number of carbonyl (C=O) groups excluding carboxylic acids is 1. The molecule has 0 spiro atoms. The Hall–Kier alpha value is -0.700. The zero-order chi connectivity index (χ0) is 14.8. The number of nitrogens with two attached hydrogens (primary N) is 1. The summed E-state index contributed by atoms with van der Waals surface area (Å²) < 4.78 is 32.8. The standard InChI is InChI=1S/C12H23N3O4S/c1-2-19-12(16)10-4-3-6-14(8-10)20(17,18)15-7-5-11(13)9-15/h10-11H,2-9,13H2,1H3/t10?,11-/m1/s1. The van der Waals surface area contributed by atoms with E-state index >= 15 is 0 Å². The van der Waals surface area contributed by atoms with Crippen LogP contribution in [0.4, 0.5) is 0 Å². The maximum Gasteiger partial charge on any atom is 0.310 e. The van der Waals surface area contributed by atoms with E-state index in [1.807, 2.05) is 0 Å². The summed E-state index contributed by atoms with van der Waals surface area (Å²) in [5.74, 6) is -0.653. The highest BCUT2D eigenvalue weighted by Gasteiger charge is 2.38. The second kappa shape index (κ2) is 6.38. The first-order valence-electron chi connectivity index (χ1n) is 7.12. The molecular formula is C12H23N3O4S. The fourth-order valence-corrected chi connectivity index (χ4v) is 4.50. The lowest BCUT2D eigenvalue weighted by Gasteiger charge is -2.33. The molecule has 20 heavy (non-hydrogen) atoms. The van der Waals surface area contributed by atoms with Crippen molar-refractivity contribution in [3.63, 3.8) is 0 Å². The van der Waals surface area contributed by atoms with Gasteiger partial charge in [-0.05, 0) is 26.2 Å². The van der Waals surface area contributed by atoms with Crippen molar-refractivity contribution in [3.05, 3.63) is 0 Å². The number of hydrogen-bond donors (Lipinski definition) is 1. The van der Waals surface area contributed by atoms with Crippen LogP contribution in [0.2, 0.25) is 0 Å². The Bertz CT molecular complexity index is 454. The van der Waals surface area contributed by atoms with E-state index in [1.54, 1.807) is 6.92 Å². The molecule has 0 aliphatic carbocycles. The van der Waals surface area contributed by atoms with Gasteiger partial charge in [0.1, 0.15) is 0 Å². The third-order valence-electron chi connectivity index (χ3n) is 3.84. The van der Waals surface area contributed by atoms with Crippen LogP contribution in [0.25, 0.3) is 0 Å². The molecular weight excluding hydrogens is 282 g/mol. The number of nitrogens with zero attached hydrogens (tertiary/aromatic N) is 2. The number of piperidine rings is 1. The van der Waals surface area contributed by atoms with Gasteiger partial charge in [0.05, 0.1) is 12.5 Å². The molecule has 0 aromatic rings. The van der Waals surface area contributed by atoms with Gasteiger partial charge in [0.15, 0.2) is 0 Å². The normalized spacial score (nSPS) is 29.5. The summed E-state index contributed by atoms with van der Waals surface area (Å²) in [7, 11) is -3.50. The van der Waals surface area contributed by atoms with Crippen molar-refractivity contribution < 1.29 is 17.9 Å². The number of esters is 1. The van der Waals surface area contributed by atoms with E-state index in [0.29, 0.717) is 45.5 Å². The van der Waals surface area contributed by atoms with Crippen LogP contribution in [0.5, 0.6) is 0 Å². The van der Waals surface area contributed by atoms with Crippen LogP contribution in [-0.4, -0.2) is 61.8 Å². The zero-order valence-electron chi connectivity index (χ0n) is 11.8. The Morgan fingerprint density at radius 1 is 1.25 bits per heavy atom. The van der Waals surface area contributed by atoms with Gasteiger partial charge in [-0.1, -0.05) is 0 Å². The highest BCUT2D eigenvalue weighted by Crippen LogP contribution is 2.24. The molecule has 116 valence electrons. The summed E-state index contributed by atoms with van der Waals surface area (Å²) in [6.45, 7) is 3.58. The van der Waals surface area contributed by atoms with Crippen LogP contribution in [0.3, 0.4) is 0 Å². The lowest BCUT2D eigenvalue weighted by Crippen LogP contribution is -2.49. The number of ether oxygens (including phenoxy) is 1. The van der Waals surface area contributed by atoms with E-state index in [2.05, 4.69) is 0 Å². The third kappa shape index (κ3) is 3.30. The van der Waals surface area contributed by atoms with Crippen molar-refractivity contribution in [3.8, 4) is 0 Å². The summed E-state index contributed by atoms with van der Waals surface area (Å²) in [6, 6.07) is -0.0876. The van der Waals surface area contributed by atoms with Crippen LogP contribution in [-0.2, 0) is 19.7 Å². The van der Waals surface area contributed by atoms with Crippen LogP contribution < -0.4 is 5.73 Å². The maximum atomic E-state index is 12.5. The summed E-state index contributed by atoms with van der Waals surface area (Å²) >= 11 is 0. The molecule has 2 saturated heterocycles.